The van der Waals surface area contributed by atoms with Crippen LogP contribution in [0, 0.1) is 0 Å². The van der Waals surface area contributed by atoms with E-state index in [9.17, 15) is 4.79 Å². The van der Waals surface area contributed by atoms with Crippen LogP contribution in [-0.4, -0.2) is 54.8 Å². The van der Waals surface area contributed by atoms with Crippen molar-refractivity contribution in [2.24, 2.45) is 0 Å². The number of hydrogen-bond donors (Lipinski definition) is 1. The van der Waals surface area contributed by atoms with Gasteiger partial charge in [-0.15, -0.1) is 0 Å². The Morgan fingerprint density at radius 1 is 0.970 bits per heavy atom. The highest BCUT2D eigenvalue weighted by atomic mass is 16.5. The molecule has 8 nitrogen and oxygen atoms in total. The second-order valence-electron chi connectivity index (χ2n) is 7.72. The van der Waals surface area contributed by atoms with Crippen LogP contribution in [0.15, 0.2) is 67.0 Å². The van der Waals surface area contributed by atoms with Gasteiger partial charge >= 0.3 is 0 Å². The molecular weight excluding hydrogens is 418 g/mol. The SMILES string of the molecule is CCOc1ccc(O[C@@H](C)C(=O)Nc2cc(N3CCN(c4ccccc4)CC3)ncn2)cc1. The molecule has 0 unspecified atom stereocenters. The summed E-state index contributed by atoms with van der Waals surface area (Å²) in [6.45, 7) is 7.73. The molecular formula is C25H29N5O3. The normalized spacial score (nSPS) is 14.5. The van der Waals surface area contributed by atoms with Gasteiger partial charge in [-0.1, -0.05) is 18.2 Å². The van der Waals surface area contributed by atoms with Crippen molar-refractivity contribution in [3.63, 3.8) is 0 Å². The average molecular weight is 448 g/mol. The molecule has 33 heavy (non-hydrogen) atoms. The highest BCUT2D eigenvalue weighted by Crippen LogP contribution is 2.21. The molecule has 3 aromatic rings. The molecule has 0 spiro atoms. The lowest BCUT2D eigenvalue weighted by molar-refractivity contribution is -0.122. The summed E-state index contributed by atoms with van der Waals surface area (Å²) >= 11 is 0. The van der Waals surface area contributed by atoms with E-state index in [2.05, 4.69) is 49.4 Å². The van der Waals surface area contributed by atoms with E-state index in [4.69, 9.17) is 9.47 Å². The molecule has 1 amide bonds. The van der Waals surface area contributed by atoms with Crippen molar-refractivity contribution in [1.29, 1.82) is 0 Å². The third kappa shape index (κ3) is 5.91. The Balaban J connectivity index is 1.31. The minimum atomic E-state index is -0.684. The Bertz CT molecular complexity index is 1040. The average Bonchev–Trinajstić information content (AvgIpc) is 2.86. The molecule has 172 valence electrons. The van der Waals surface area contributed by atoms with Gasteiger partial charge in [-0.05, 0) is 50.2 Å². The second-order valence-corrected chi connectivity index (χ2v) is 7.72. The van der Waals surface area contributed by atoms with Crippen LogP contribution in [0.1, 0.15) is 13.8 Å². The van der Waals surface area contributed by atoms with Crippen LogP contribution >= 0.6 is 0 Å². The second kappa shape index (κ2) is 10.7. The highest BCUT2D eigenvalue weighted by molar-refractivity contribution is 5.93. The van der Waals surface area contributed by atoms with Crippen molar-refractivity contribution in [2.45, 2.75) is 20.0 Å². The number of rotatable bonds is 8. The van der Waals surface area contributed by atoms with E-state index in [-0.39, 0.29) is 5.91 Å². The van der Waals surface area contributed by atoms with Gasteiger partial charge in [-0.3, -0.25) is 4.79 Å². The zero-order valence-corrected chi connectivity index (χ0v) is 19.0. The Morgan fingerprint density at radius 3 is 2.33 bits per heavy atom. The number of para-hydroxylation sites is 1. The number of aromatic nitrogens is 2. The lowest BCUT2D eigenvalue weighted by Gasteiger charge is -2.36. The summed E-state index contributed by atoms with van der Waals surface area (Å²) < 4.78 is 11.2. The first-order valence-corrected chi connectivity index (χ1v) is 11.2. The number of carbonyl (C=O) groups is 1. The van der Waals surface area contributed by atoms with Crippen LogP contribution in [0.5, 0.6) is 11.5 Å². The molecule has 2 aromatic carbocycles. The Labute approximate surface area is 194 Å². The monoisotopic (exact) mass is 447 g/mol. The van der Waals surface area contributed by atoms with Crippen LogP contribution in [-0.2, 0) is 4.79 Å². The minimum Gasteiger partial charge on any atom is -0.494 e. The molecule has 0 bridgehead atoms. The van der Waals surface area contributed by atoms with Gasteiger partial charge in [0, 0.05) is 37.9 Å². The number of nitrogens with one attached hydrogen (secondary N) is 1. The molecule has 0 aliphatic carbocycles. The van der Waals surface area contributed by atoms with E-state index < -0.39 is 6.10 Å². The molecule has 0 radical (unpaired) electrons. The first-order valence-electron chi connectivity index (χ1n) is 11.2. The lowest BCUT2D eigenvalue weighted by Crippen LogP contribution is -2.46. The largest absolute Gasteiger partial charge is 0.494 e. The van der Waals surface area contributed by atoms with E-state index in [0.29, 0.717) is 18.2 Å². The summed E-state index contributed by atoms with van der Waals surface area (Å²) in [5.41, 5.74) is 1.23. The van der Waals surface area contributed by atoms with Crippen molar-refractivity contribution in [3.8, 4) is 11.5 Å². The summed E-state index contributed by atoms with van der Waals surface area (Å²) in [5, 5.41) is 2.83. The summed E-state index contributed by atoms with van der Waals surface area (Å²) in [6, 6.07) is 19.4. The lowest BCUT2D eigenvalue weighted by atomic mass is 10.2. The number of hydrogen-bond acceptors (Lipinski definition) is 7. The van der Waals surface area contributed by atoms with Gasteiger partial charge in [0.15, 0.2) is 6.10 Å². The van der Waals surface area contributed by atoms with Gasteiger partial charge in [0.1, 0.15) is 29.5 Å². The maximum Gasteiger partial charge on any atom is 0.266 e. The quantitative estimate of drug-likeness (QED) is 0.565. The molecule has 0 saturated carbocycles. The Hall–Kier alpha value is -3.81. The number of benzene rings is 2. The predicted molar refractivity (Wildman–Crippen MR) is 129 cm³/mol. The topological polar surface area (TPSA) is 79.8 Å². The smallest absolute Gasteiger partial charge is 0.266 e. The van der Waals surface area contributed by atoms with Gasteiger partial charge in [0.05, 0.1) is 6.61 Å². The van der Waals surface area contributed by atoms with E-state index in [1.807, 2.05) is 25.1 Å². The van der Waals surface area contributed by atoms with Gasteiger partial charge in [-0.2, -0.15) is 0 Å². The fraction of sp³-hybridized carbons (Fsp3) is 0.320. The van der Waals surface area contributed by atoms with Gasteiger partial charge in [0.2, 0.25) is 0 Å². The fourth-order valence-electron chi connectivity index (χ4n) is 3.69. The Kier molecular flexibility index (Phi) is 7.24. The number of nitrogens with zero attached hydrogens (tertiary/aromatic N) is 4. The maximum atomic E-state index is 12.6. The summed E-state index contributed by atoms with van der Waals surface area (Å²) in [6.07, 6.45) is 0.794. The van der Waals surface area contributed by atoms with E-state index in [1.165, 1.54) is 12.0 Å². The number of amides is 1. The van der Waals surface area contributed by atoms with E-state index in [1.54, 1.807) is 25.1 Å². The summed E-state index contributed by atoms with van der Waals surface area (Å²) in [7, 11) is 0. The molecule has 1 aliphatic rings. The number of piperazine rings is 1. The first kappa shape index (κ1) is 22.4. The van der Waals surface area contributed by atoms with Crippen molar-refractivity contribution >= 4 is 23.2 Å². The number of carbonyl (C=O) groups excluding carboxylic acids is 1. The maximum absolute atomic E-state index is 12.6. The summed E-state index contributed by atoms with van der Waals surface area (Å²) in [5.74, 6) is 2.34. The molecule has 4 rings (SSSR count). The summed E-state index contributed by atoms with van der Waals surface area (Å²) in [4.78, 5) is 25.8. The zero-order valence-electron chi connectivity index (χ0n) is 19.0. The van der Waals surface area contributed by atoms with Gasteiger partial charge in [-0.25, -0.2) is 9.97 Å². The highest BCUT2D eigenvalue weighted by Gasteiger charge is 2.20. The molecule has 1 N–H and O–H groups in total. The van der Waals surface area contributed by atoms with Crippen LogP contribution < -0.4 is 24.6 Å². The molecule has 8 heteroatoms. The van der Waals surface area contributed by atoms with Crippen LogP contribution in [0.25, 0.3) is 0 Å². The molecule has 1 fully saturated rings. The molecule has 1 atom stereocenters. The van der Waals surface area contributed by atoms with E-state index in [0.717, 1.165) is 37.7 Å². The molecule has 2 heterocycles. The number of anilines is 3. The first-order chi connectivity index (χ1) is 16.1. The van der Waals surface area contributed by atoms with E-state index >= 15 is 0 Å². The van der Waals surface area contributed by atoms with Crippen LogP contribution in [0.2, 0.25) is 0 Å². The molecule has 1 aromatic heterocycles. The van der Waals surface area contributed by atoms with Crippen LogP contribution in [0.3, 0.4) is 0 Å². The van der Waals surface area contributed by atoms with Crippen molar-refractivity contribution in [1.82, 2.24) is 9.97 Å². The zero-order chi connectivity index (χ0) is 23.0. The molecule has 1 saturated heterocycles. The van der Waals surface area contributed by atoms with Gasteiger partial charge < -0.3 is 24.6 Å². The van der Waals surface area contributed by atoms with Crippen molar-refractivity contribution in [2.75, 3.05) is 47.9 Å². The van der Waals surface area contributed by atoms with Crippen molar-refractivity contribution in [3.05, 3.63) is 67.0 Å². The molecule has 1 aliphatic heterocycles. The third-order valence-electron chi connectivity index (χ3n) is 5.45. The predicted octanol–water partition coefficient (Wildman–Crippen LogP) is 3.61. The standard InChI is InChI=1S/C25H29N5O3/c1-3-32-21-9-11-22(12-10-21)33-19(2)25(31)28-23-17-24(27-18-26-23)30-15-13-29(14-16-30)20-7-5-4-6-8-20/h4-12,17-19H,3,13-16H2,1-2H3,(H,26,27,28,31)/t19-/m0/s1. The van der Waals surface area contributed by atoms with Gasteiger partial charge in [0.25, 0.3) is 5.91 Å². The number of ether oxygens (including phenoxy) is 2. The third-order valence-corrected chi connectivity index (χ3v) is 5.45. The minimum absolute atomic E-state index is 0.276. The Morgan fingerprint density at radius 2 is 1.64 bits per heavy atom. The van der Waals surface area contributed by atoms with Crippen molar-refractivity contribution < 1.29 is 14.3 Å². The fourth-order valence-corrected chi connectivity index (χ4v) is 3.69. The van der Waals surface area contributed by atoms with Crippen LogP contribution in [0.4, 0.5) is 17.3 Å².